The number of carbonyl (C=O) groups excluding carboxylic acids is 1. The molecule has 5 nitrogen and oxygen atoms in total. The van der Waals surface area contributed by atoms with E-state index in [2.05, 4.69) is 11.4 Å². The van der Waals surface area contributed by atoms with Crippen LogP contribution in [0.2, 0.25) is 5.02 Å². The van der Waals surface area contributed by atoms with E-state index >= 15 is 0 Å². The summed E-state index contributed by atoms with van der Waals surface area (Å²) in [5.74, 6) is -1.17. The lowest BCUT2D eigenvalue weighted by Crippen LogP contribution is -2.30. The number of carbonyl (C=O) groups is 1. The van der Waals surface area contributed by atoms with Crippen molar-refractivity contribution in [1.82, 2.24) is 5.32 Å². The van der Waals surface area contributed by atoms with Gasteiger partial charge in [-0.1, -0.05) is 29.8 Å². The van der Waals surface area contributed by atoms with Crippen LogP contribution in [0.25, 0.3) is 0 Å². The second kappa shape index (κ2) is 9.02. The predicted octanol–water partition coefficient (Wildman–Crippen LogP) is 4.64. The van der Waals surface area contributed by atoms with Gasteiger partial charge in [-0.25, -0.2) is 9.18 Å². The highest BCUT2D eigenvalue weighted by molar-refractivity contribution is 6.31. The van der Waals surface area contributed by atoms with Crippen molar-refractivity contribution >= 4 is 17.6 Å². The average molecular weight is 427 g/mol. The smallest absolute Gasteiger partial charge is 0.336 e. The lowest BCUT2D eigenvalue weighted by molar-refractivity contribution is -0.136. The minimum atomic E-state index is -0.780. The molecule has 0 aliphatic carbocycles. The number of rotatable bonds is 5. The number of halogens is 2. The summed E-state index contributed by atoms with van der Waals surface area (Å²) < 4.78 is 23.9. The molecule has 3 rings (SSSR count). The molecule has 0 saturated heterocycles. The number of hydrogen-bond acceptors (Lipinski definition) is 5. The van der Waals surface area contributed by atoms with Crippen molar-refractivity contribution in [2.24, 2.45) is 0 Å². The van der Waals surface area contributed by atoms with Gasteiger partial charge in [0.2, 0.25) is 0 Å². The van der Waals surface area contributed by atoms with E-state index in [1.807, 2.05) is 24.3 Å². The zero-order valence-corrected chi connectivity index (χ0v) is 17.5. The van der Waals surface area contributed by atoms with Crippen molar-refractivity contribution in [3.05, 3.63) is 87.0 Å². The van der Waals surface area contributed by atoms with Crippen molar-refractivity contribution in [3.8, 4) is 11.8 Å². The molecule has 1 aliphatic heterocycles. The van der Waals surface area contributed by atoms with E-state index < -0.39 is 17.7 Å². The molecule has 0 amide bonds. The van der Waals surface area contributed by atoms with Gasteiger partial charge in [-0.15, -0.1) is 0 Å². The third-order valence-electron chi connectivity index (χ3n) is 4.96. The summed E-state index contributed by atoms with van der Waals surface area (Å²) >= 11 is 6.31. The molecule has 1 unspecified atom stereocenters. The standard InChI is InChI=1S/C23H20ClFN2O3/c1-13-21(23(28)30-3)22(17-8-7-15(25)11-19(17)24)18(12-26)20(27-13)10-14-5-4-6-16(9-14)29-2/h4-9,11,22,27H,10H2,1-3H3. The molecule has 0 aromatic heterocycles. The highest BCUT2D eigenvalue weighted by Crippen LogP contribution is 2.41. The zero-order valence-electron chi connectivity index (χ0n) is 16.8. The van der Waals surface area contributed by atoms with E-state index in [0.717, 1.165) is 5.56 Å². The van der Waals surface area contributed by atoms with Crippen molar-refractivity contribution in [1.29, 1.82) is 5.26 Å². The van der Waals surface area contributed by atoms with Gasteiger partial charge in [0, 0.05) is 22.8 Å². The lowest BCUT2D eigenvalue weighted by Gasteiger charge is -2.30. The summed E-state index contributed by atoms with van der Waals surface area (Å²) in [6.07, 6.45) is 0.404. The van der Waals surface area contributed by atoms with E-state index in [9.17, 15) is 14.4 Å². The molecule has 0 spiro atoms. The maximum absolute atomic E-state index is 13.6. The van der Waals surface area contributed by atoms with Crippen molar-refractivity contribution in [3.63, 3.8) is 0 Å². The minimum absolute atomic E-state index is 0.129. The molecule has 0 fully saturated rings. The Morgan fingerprint density at radius 3 is 2.67 bits per heavy atom. The van der Waals surface area contributed by atoms with Crippen molar-refractivity contribution < 1.29 is 18.7 Å². The number of nitrogens with one attached hydrogen (secondary N) is 1. The molecule has 1 aliphatic rings. The summed E-state index contributed by atoms with van der Waals surface area (Å²) in [6.45, 7) is 1.73. The molecule has 0 bridgehead atoms. The Morgan fingerprint density at radius 2 is 2.03 bits per heavy atom. The van der Waals surface area contributed by atoms with Gasteiger partial charge in [-0.2, -0.15) is 5.26 Å². The number of esters is 1. The summed E-state index contributed by atoms with van der Waals surface area (Å²) in [5, 5.41) is 13.3. The molecule has 7 heteroatoms. The first-order valence-corrected chi connectivity index (χ1v) is 9.54. The number of benzene rings is 2. The molecule has 0 radical (unpaired) electrons. The van der Waals surface area contributed by atoms with Crippen LogP contribution in [0.5, 0.6) is 5.75 Å². The van der Waals surface area contributed by atoms with Crippen LogP contribution in [0.3, 0.4) is 0 Å². The molecule has 1 atom stereocenters. The predicted molar refractivity (Wildman–Crippen MR) is 111 cm³/mol. The number of methoxy groups -OCH3 is 2. The van der Waals surface area contributed by atoms with Gasteiger partial charge in [0.15, 0.2) is 0 Å². The van der Waals surface area contributed by atoms with Gasteiger partial charge in [-0.3, -0.25) is 0 Å². The Kier molecular flexibility index (Phi) is 6.43. The molecule has 1 heterocycles. The van der Waals surface area contributed by atoms with Gasteiger partial charge < -0.3 is 14.8 Å². The number of ether oxygens (including phenoxy) is 2. The first kappa shape index (κ1) is 21.4. The van der Waals surface area contributed by atoms with E-state index in [1.54, 1.807) is 14.0 Å². The van der Waals surface area contributed by atoms with Crippen LogP contribution in [-0.4, -0.2) is 20.2 Å². The highest BCUT2D eigenvalue weighted by atomic mass is 35.5. The van der Waals surface area contributed by atoms with E-state index in [0.29, 0.717) is 34.7 Å². The number of nitrogens with zero attached hydrogens (tertiary/aromatic N) is 1. The van der Waals surface area contributed by atoms with Crippen molar-refractivity contribution in [2.75, 3.05) is 14.2 Å². The minimum Gasteiger partial charge on any atom is -0.497 e. The lowest BCUT2D eigenvalue weighted by atomic mass is 9.80. The quantitative estimate of drug-likeness (QED) is 0.705. The number of dihydropyridines is 1. The molecule has 1 N–H and O–H groups in total. The fourth-order valence-corrected chi connectivity index (χ4v) is 3.86. The normalized spacial score (nSPS) is 16.1. The summed E-state index contributed by atoms with van der Waals surface area (Å²) in [4.78, 5) is 12.6. The number of nitriles is 1. The largest absolute Gasteiger partial charge is 0.497 e. The zero-order chi connectivity index (χ0) is 21.8. The monoisotopic (exact) mass is 426 g/mol. The maximum atomic E-state index is 13.6. The molecular formula is C23H20ClFN2O3. The molecule has 2 aromatic carbocycles. The van der Waals surface area contributed by atoms with E-state index in [4.69, 9.17) is 21.1 Å². The van der Waals surface area contributed by atoms with Crippen LogP contribution in [0.4, 0.5) is 4.39 Å². The van der Waals surface area contributed by atoms with Gasteiger partial charge in [-0.05, 0) is 42.3 Å². The summed E-state index contributed by atoms with van der Waals surface area (Å²) in [6, 6.07) is 13.6. The first-order valence-electron chi connectivity index (χ1n) is 9.16. The van der Waals surface area contributed by atoms with Crippen LogP contribution < -0.4 is 10.1 Å². The molecular weight excluding hydrogens is 407 g/mol. The van der Waals surface area contributed by atoms with Gasteiger partial charge in [0.25, 0.3) is 0 Å². The van der Waals surface area contributed by atoms with Crippen LogP contribution in [-0.2, 0) is 16.0 Å². The third-order valence-corrected chi connectivity index (χ3v) is 5.29. The van der Waals surface area contributed by atoms with Crippen LogP contribution >= 0.6 is 11.6 Å². The Bertz CT molecular complexity index is 1100. The third kappa shape index (κ3) is 4.17. The molecule has 0 saturated carbocycles. The van der Waals surface area contributed by atoms with Crippen LogP contribution in [0.1, 0.15) is 24.0 Å². The fraction of sp³-hybridized carbons (Fsp3) is 0.217. The van der Waals surface area contributed by atoms with Crippen LogP contribution in [0, 0.1) is 17.1 Å². The highest BCUT2D eigenvalue weighted by Gasteiger charge is 2.36. The summed E-state index contributed by atoms with van der Waals surface area (Å²) in [5.41, 5.74) is 3.13. The average Bonchev–Trinajstić information content (AvgIpc) is 2.73. The Hall–Kier alpha value is -3.30. The second-order valence-corrected chi connectivity index (χ2v) is 7.19. The first-order chi connectivity index (χ1) is 14.4. The van der Waals surface area contributed by atoms with E-state index in [1.165, 1.54) is 25.3 Å². The molecule has 30 heavy (non-hydrogen) atoms. The summed E-state index contributed by atoms with van der Waals surface area (Å²) in [7, 11) is 2.85. The number of hydrogen-bond donors (Lipinski definition) is 1. The SMILES string of the molecule is COC(=O)C1=C(C)NC(Cc2cccc(OC)c2)=C(C#N)C1c1ccc(F)cc1Cl. The van der Waals surface area contributed by atoms with E-state index in [-0.39, 0.29) is 10.6 Å². The van der Waals surface area contributed by atoms with Gasteiger partial charge in [0.05, 0.1) is 37.4 Å². The van der Waals surface area contributed by atoms with Crippen molar-refractivity contribution in [2.45, 2.75) is 19.3 Å². The Balaban J connectivity index is 2.16. The Labute approximate surface area is 179 Å². The Morgan fingerprint density at radius 1 is 1.27 bits per heavy atom. The number of allylic oxidation sites excluding steroid dienone is 3. The second-order valence-electron chi connectivity index (χ2n) is 6.79. The van der Waals surface area contributed by atoms with Gasteiger partial charge >= 0.3 is 5.97 Å². The topological polar surface area (TPSA) is 71.3 Å². The molecule has 154 valence electrons. The van der Waals surface area contributed by atoms with Gasteiger partial charge in [0.1, 0.15) is 11.6 Å². The maximum Gasteiger partial charge on any atom is 0.336 e. The fourth-order valence-electron chi connectivity index (χ4n) is 3.58. The van der Waals surface area contributed by atoms with Crippen LogP contribution in [0.15, 0.2) is 65.0 Å². The molecule has 2 aromatic rings.